The van der Waals surface area contributed by atoms with Crippen LogP contribution in [0.2, 0.25) is 0 Å². The molecule has 0 bridgehead atoms. The Kier molecular flexibility index (Phi) is 5.52. The molecule has 0 unspecified atom stereocenters. The Morgan fingerprint density at radius 3 is 1.79 bits per heavy atom. The maximum atomic E-state index is 12.7. The third-order valence-corrected chi connectivity index (χ3v) is 4.49. The molecule has 0 radical (unpaired) electrons. The van der Waals surface area contributed by atoms with Crippen LogP contribution in [0.25, 0.3) is 16.8 Å². The lowest BCUT2D eigenvalue weighted by Crippen LogP contribution is -2.21. The lowest BCUT2D eigenvalue weighted by atomic mass is 10.1. The maximum absolute atomic E-state index is 12.7. The van der Waals surface area contributed by atoms with Gasteiger partial charge in [0.2, 0.25) is 0 Å². The molecular formula is C21H13F6N3O3. The number of hydrogen-bond acceptors (Lipinski definition) is 4. The second-order valence-electron chi connectivity index (χ2n) is 6.85. The van der Waals surface area contributed by atoms with Crippen LogP contribution >= 0.6 is 0 Å². The molecule has 0 amide bonds. The van der Waals surface area contributed by atoms with Crippen molar-refractivity contribution in [2.45, 2.75) is 19.3 Å². The van der Waals surface area contributed by atoms with E-state index in [1.165, 1.54) is 34.9 Å². The van der Waals surface area contributed by atoms with E-state index in [4.69, 9.17) is 0 Å². The van der Waals surface area contributed by atoms with Crippen LogP contribution in [-0.4, -0.2) is 26.9 Å². The van der Waals surface area contributed by atoms with Crippen molar-refractivity contribution in [1.29, 1.82) is 0 Å². The van der Waals surface area contributed by atoms with E-state index < -0.39 is 18.4 Å². The van der Waals surface area contributed by atoms with Crippen molar-refractivity contribution in [2.24, 2.45) is 0 Å². The average molecular weight is 469 g/mol. The van der Waals surface area contributed by atoms with Crippen LogP contribution in [0.5, 0.6) is 11.5 Å². The Morgan fingerprint density at radius 2 is 1.24 bits per heavy atom. The van der Waals surface area contributed by atoms with Crippen molar-refractivity contribution in [3.05, 3.63) is 82.9 Å². The maximum Gasteiger partial charge on any atom is 0.573 e. The highest BCUT2D eigenvalue weighted by Crippen LogP contribution is 2.27. The molecule has 0 saturated heterocycles. The average Bonchev–Trinajstić information content (AvgIpc) is 3.03. The first-order valence-corrected chi connectivity index (χ1v) is 9.27. The molecule has 2 aromatic carbocycles. The Morgan fingerprint density at radius 1 is 0.727 bits per heavy atom. The van der Waals surface area contributed by atoms with Gasteiger partial charge in [-0.25, -0.2) is 13.9 Å². The quantitative estimate of drug-likeness (QED) is 0.386. The molecule has 172 valence electrons. The third kappa shape index (κ3) is 5.45. The highest BCUT2D eigenvalue weighted by Gasteiger charge is 2.31. The zero-order valence-electron chi connectivity index (χ0n) is 16.4. The number of halogens is 6. The molecule has 2 aromatic heterocycles. The lowest BCUT2D eigenvalue weighted by Gasteiger charge is -2.09. The molecule has 6 nitrogen and oxygen atoms in total. The number of fused-ring (bicyclic) bond motifs is 1. The van der Waals surface area contributed by atoms with Crippen molar-refractivity contribution < 1.29 is 35.8 Å². The SMILES string of the molecule is O=c1n(Cc2ccc(OC(F)(F)F)cc2)nc2ccc(-c3ccc(OC(F)(F)F)cc3)cn12. The monoisotopic (exact) mass is 469 g/mol. The van der Waals surface area contributed by atoms with Gasteiger partial charge in [0.25, 0.3) is 0 Å². The summed E-state index contributed by atoms with van der Waals surface area (Å²) in [6.45, 7) is 0.00558. The second kappa shape index (κ2) is 8.19. The minimum Gasteiger partial charge on any atom is -0.406 e. The summed E-state index contributed by atoms with van der Waals surface area (Å²) in [4.78, 5) is 12.7. The highest BCUT2D eigenvalue weighted by atomic mass is 19.4. The van der Waals surface area contributed by atoms with Gasteiger partial charge in [-0.05, 0) is 53.1 Å². The Balaban J connectivity index is 1.55. The van der Waals surface area contributed by atoms with E-state index in [1.54, 1.807) is 12.1 Å². The van der Waals surface area contributed by atoms with Gasteiger partial charge in [-0.2, -0.15) is 0 Å². The highest BCUT2D eigenvalue weighted by molar-refractivity contribution is 5.65. The smallest absolute Gasteiger partial charge is 0.406 e. The molecule has 0 fully saturated rings. The molecule has 4 rings (SSSR count). The zero-order valence-corrected chi connectivity index (χ0v) is 16.4. The lowest BCUT2D eigenvalue weighted by molar-refractivity contribution is -0.275. The molecule has 0 N–H and O–H groups in total. The summed E-state index contributed by atoms with van der Waals surface area (Å²) in [6, 6.07) is 13.4. The van der Waals surface area contributed by atoms with Gasteiger partial charge >= 0.3 is 18.4 Å². The Hall–Kier alpha value is -3.96. The van der Waals surface area contributed by atoms with Crippen LogP contribution < -0.4 is 15.2 Å². The fourth-order valence-corrected chi connectivity index (χ4v) is 3.11. The largest absolute Gasteiger partial charge is 0.573 e. The molecule has 0 aliphatic rings. The summed E-state index contributed by atoms with van der Waals surface area (Å²) in [5.74, 6) is -0.756. The summed E-state index contributed by atoms with van der Waals surface area (Å²) >= 11 is 0. The van der Waals surface area contributed by atoms with Crippen LogP contribution in [0.4, 0.5) is 26.3 Å². The van der Waals surface area contributed by atoms with Crippen LogP contribution in [-0.2, 0) is 6.54 Å². The van der Waals surface area contributed by atoms with E-state index >= 15 is 0 Å². The number of ether oxygens (including phenoxy) is 2. The molecule has 0 aliphatic heterocycles. The minimum absolute atomic E-state index is 0.00558. The minimum atomic E-state index is -4.80. The predicted octanol–water partition coefficient (Wildman–Crippen LogP) is 5.01. The Bertz CT molecular complexity index is 1320. The summed E-state index contributed by atoms with van der Waals surface area (Å²) in [5, 5.41) is 4.19. The van der Waals surface area contributed by atoms with Gasteiger partial charge in [-0.1, -0.05) is 24.3 Å². The topological polar surface area (TPSA) is 57.8 Å². The van der Waals surface area contributed by atoms with Crippen LogP contribution in [0, 0.1) is 0 Å². The van der Waals surface area contributed by atoms with E-state index in [0.717, 1.165) is 28.9 Å². The van der Waals surface area contributed by atoms with Gasteiger partial charge in [0.05, 0.1) is 6.54 Å². The molecular weight excluding hydrogens is 456 g/mol. The molecule has 0 saturated carbocycles. The number of alkyl halides is 6. The van der Waals surface area contributed by atoms with Gasteiger partial charge in [0.15, 0.2) is 5.65 Å². The molecule has 0 aliphatic carbocycles. The summed E-state index contributed by atoms with van der Waals surface area (Å²) in [7, 11) is 0. The number of nitrogens with zero attached hydrogens (tertiary/aromatic N) is 3. The predicted molar refractivity (Wildman–Crippen MR) is 104 cm³/mol. The number of rotatable bonds is 5. The number of hydrogen-bond donors (Lipinski definition) is 0. The molecule has 0 atom stereocenters. The fourth-order valence-electron chi connectivity index (χ4n) is 3.11. The van der Waals surface area contributed by atoms with Crippen LogP contribution in [0.15, 0.2) is 71.7 Å². The molecule has 33 heavy (non-hydrogen) atoms. The van der Waals surface area contributed by atoms with Gasteiger partial charge < -0.3 is 9.47 Å². The van der Waals surface area contributed by atoms with E-state index in [2.05, 4.69) is 14.6 Å². The third-order valence-electron chi connectivity index (χ3n) is 4.49. The van der Waals surface area contributed by atoms with Crippen molar-refractivity contribution in [1.82, 2.24) is 14.2 Å². The van der Waals surface area contributed by atoms with E-state index in [1.807, 2.05) is 0 Å². The van der Waals surface area contributed by atoms with E-state index in [-0.39, 0.29) is 18.0 Å². The number of pyridine rings is 1. The van der Waals surface area contributed by atoms with Crippen molar-refractivity contribution >= 4 is 5.65 Å². The van der Waals surface area contributed by atoms with Crippen molar-refractivity contribution in [3.8, 4) is 22.6 Å². The summed E-state index contributed by atoms with van der Waals surface area (Å²) in [6.07, 6.45) is -8.11. The van der Waals surface area contributed by atoms with Gasteiger partial charge in [0.1, 0.15) is 11.5 Å². The summed E-state index contributed by atoms with van der Waals surface area (Å²) in [5.41, 5.74) is 1.44. The molecule has 2 heterocycles. The van der Waals surface area contributed by atoms with E-state index in [9.17, 15) is 31.1 Å². The van der Waals surface area contributed by atoms with Crippen LogP contribution in [0.1, 0.15) is 5.56 Å². The molecule has 0 spiro atoms. The van der Waals surface area contributed by atoms with Gasteiger partial charge in [-0.3, -0.25) is 0 Å². The first kappa shape index (κ1) is 22.2. The molecule has 12 heteroatoms. The fraction of sp³-hybridized carbons (Fsp3) is 0.143. The van der Waals surface area contributed by atoms with E-state index in [0.29, 0.717) is 22.3 Å². The first-order valence-electron chi connectivity index (χ1n) is 9.27. The standard InChI is InChI=1S/C21H13F6N3O3/c22-20(23,24)32-16-6-1-13(2-7-16)11-30-19(31)29-12-15(5-10-18(29)28-30)14-3-8-17(9-4-14)33-21(25,26)27/h1-10,12H,11H2. The van der Waals surface area contributed by atoms with Crippen molar-refractivity contribution in [2.75, 3.05) is 0 Å². The van der Waals surface area contributed by atoms with Gasteiger partial charge in [-0.15, -0.1) is 31.4 Å². The summed E-state index contributed by atoms with van der Waals surface area (Å²) < 4.78 is 83.8. The Labute approximate surface area is 181 Å². The van der Waals surface area contributed by atoms with Crippen molar-refractivity contribution in [3.63, 3.8) is 0 Å². The first-order chi connectivity index (χ1) is 15.5. The second-order valence-corrected chi connectivity index (χ2v) is 6.85. The zero-order chi connectivity index (χ0) is 23.8. The normalized spacial score (nSPS) is 12.2. The van der Waals surface area contributed by atoms with Crippen LogP contribution in [0.3, 0.4) is 0 Å². The molecule has 4 aromatic rings. The number of aromatic nitrogens is 3. The van der Waals surface area contributed by atoms with Gasteiger partial charge in [0, 0.05) is 6.20 Å². The number of benzene rings is 2.